The van der Waals surface area contributed by atoms with Gasteiger partial charge >= 0.3 is 6.09 Å². The van der Waals surface area contributed by atoms with Crippen molar-refractivity contribution in [3.05, 3.63) is 0 Å². The molecule has 96 valence electrons. The number of rotatable bonds is 4. The van der Waals surface area contributed by atoms with E-state index >= 15 is 0 Å². The Morgan fingerprint density at radius 1 is 1.31 bits per heavy atom. The van der Waals surface area contributed by atoms with Crippen molar-refractivity contribution in [2.24, 2.45) is 5.92 Å². The van der Waals surface area contributed by atoms with Gasteiger partial charge in [0.2, 0.25) is 0 Å². The molecule has 0 saturated heterocycles. The van der Waals surface area contributed by atoms with Crippen molar-refractivity contribution < 1.29 is 18.3 Å². The molecule has 0 aliphatic heterocycles. The molecular weight excluding hydrogens is 235 g/mol. The topological polar surface area (TPSA) is 38.3 Å². The van der Waals surface area contributed by atoms with E-state index in [4.69, 9.17) is 4.74 Å². The zero-order valence-electron chi connectivity index (χ0n) is 10.3. The number of alkyl carbamates (subject to hydrolysis) is 1. The Kier molecular flexibility index (Phi) is 5.12. The van der Waals surface area contributed by atoms with E-state index in [9.17, 15) is 13.6 Å². The highest BCUT2D eigenvalue weighted by molar-refractivity contribution is 7.18. The molecule has 0 rings (SSSR count). The maximum absolute atomic E-state index is 13.0. The van der Waals surface area contributed by atoms with E-state index in [0.717, 1.165) is 0 Å². The minimum Gasteiger partial charge on any atom is -0.437 e. The fourth-order valence-corrected chi connectivity index (χ4v) is 0.741. The number of hydrogen-bond donors (Lipinski definition) is 1. The second kappa shape index (κ2) is 5.26. The van der Waals surface area contributed by atoms with E-state index in [-0.39, 0.29) is 12.0 Å². The summed E-state index contributed by atoms with van der Waals surface area (Å²) < 4.78 is 30.7. The van der Waals surface area contributed by atoms with Gasteiger partial charge in [-0.15, -0.1) is 0 Å². The van der Waals surface area contributed by atoms with Crippen molar-refractivity contribution in [3.8, 4) is 0 Å². The fraction of sp³-hybridized carbons (Fsp3) is 0.900. The monoisotopic (exact) mass is 255 g/mol. The third-order valence-electron chi connectivity index (χ3n) is 2.50. The molecule has 0 heterocycles. The molecule has 0 aromatic rings. The van der Waals surface area contributed by atoms with Crippen LogP contribution < -0.4 is 5.32 Å². The number of carbonyl (C=O) groups is 1. The summed E-state index contributed by atoms with van der Waals surface area (Å²) in [6.45, 7) is 7.96. The van der Waals surface area contributed by atoms with E-state index in [1.54, 1.807) is 6.92 Å². The largest absolute Gasteiger partial charge is 0.437 e. The third kappa shape index (κ3) is 4.60. The quantitative estimate of drug-likeness (QED) is 0.784. The van der Waals surface area contributed by atoms with Gasteiger partial charge in [-0.05, 0) is 26.7 Å². The van der Waals surface area contributed by atoms with Crippen LogP contribution in [0, 0.1) is 5.92 Å². The summed E-state index contributed by atoms with van der Waals surface area (Å²) in [6, 6.07) is -0.124. The molecule has 0 aliphatic rings. The van der Waals surface area contributed by atoms with Gasteiger partial charge in [-0.1, -0.05) is 23.1 Å². The average molecular weight is 255 g/mol. The van der Waals surface area contributed by atoms with Crippen LogP contribution in [0.15, 0.2) is 0 Å². The van der Waals surface area contributed by atoms with Crippen LogP contribution >= 0.6 is 9.24 Å². The first-order valence-corrected chi connectivity index (χ1v) is 5.71. The normalized spacial score (nSPS) is 14.8. The molecule has 0 aromatic heterocycles. The third-order valence-corrected chi connectivity index (χ3v) is 3.19. The van der Waals surface area contributed by atoms with Gasteiger partial charge in [0.15, 0.2) is 5.60 Å². The summed E-state index contributed by atoms with van der Waals surface area (Å²) in [7, 11) is 1.38. The Morgan fingerprint density at radius 2 is 1.75 bits per heavy atom. The first-order valence-electron chi connectivity index (χ1n) is 5.13. The molecule has 2 unspecified atom stereocenters. The van der Waals surface area contributed by atoms with Gasteiger partial charge in [-0.2, -0.15) is 8.78 Å². The Balaban J connectivity index is 4.36. The Morgan fingerprint density at radius 3 is 2.06 bits per heavy atom. The molecule has 1 N–H and O–H groups in total. The zero-order chi connectivity index (χ0) is 13.1. The molecule has 0 fully saturated rings. The highest BCUT2D eigenvalue weighted by Gasteiger charge is 2.46. The van der Waals surface area contributed by atoms with E-state index in [1.807, 2.05) is 13.8 Å². The second-order valence-corrected chi connectivity index (χ2v) is 5.42. The molecule has 0 radical (unpaired) electrons. The number of carbonyl (C=O) groups excluding carboxylic acids is 1. The lowest BCUT2D eigenvalue weighted by atomic mass is 10.1. The first kappa shape index (κ1) is 15.6. The summed E-state index contributed by atoms with van der Waals surface area (Å²) >= 11 is 0. The standard InChI is InChI=1S/C10H20F2NO2P/c1-6(2)7(3)13-8(14)15-9(4,5)10(11,12)16/h6-7H,16H2,1-5H3,(H,13,14). The summed E-state index contributed by atoms with van der Waals surface area (Å²) in [4.78, 5) is 11.3. The van der Waals surface area contributed by atoms with Gasteiger partial charge in [-0.25, -0.2) is 4.79 Å². The molecule has 0 aromatic carbocycles. The van der Waals surface area contributed by atoms with Crippen molar-refractivity contribution in [1.29, 1.82) is 0 Å². The highest BCUT2D eigenvalue weighted by atomic mass is 31.0. The molecule has 16 heavy (non-hydrogen) atoms. The van der Waals surface area contributed by atoms with Crippen LogP contribution in [-0.4, -0.2) is 23.4 Å². The van der Waals surface area contributed by atoms with Crippen LogP contribution in [0.25, 0.3) is 0 Å². The smallest absolute Gasteiger partial charge is 0.408 e. The molecule has 0 bridgehead atoms. The lowest BCUT2D eigenvalue weighted by Gasteiger charge is -2.31. The molecular formula is C10H20F2NO2P. The van der Waals surface area contributed by atoms with Crippen molar-refractivity contribution in [2.45, 2.75) is 51.9 Å². The number of amides is 1. The molecule has 3 nitrogen and oxygen atoms in total. The van der Waals surface area contributed by atoms with Crippen LogP contribution in [0.5, 0.6) is 0 Å². The van der Waals surface area contributed by atoms with Crippen molar-refractivity contribution in [3.63, 3.8) is 0 Å². The SMILES string of the molecule is CC(C)C(C)NC(=O)OC(C)(C)C(F)(F)P. The van der Waals surface area contributed by atoms with Gasteiger partial charge in [0.05, 0.1) is 0 Å². The molecule has 0 saturated carbocycles. The average Bonchev–Trinajstić information content (AvgIpc) is 1.99. The first-order chi connectivity index (χ1) is 6.97. The Bertz CT molecular complexity index is 252. The van der Waals surface area contributed by atoms with Gasteiger partial charge < -0.3 is 10.1 Å². The fourth-order valence-electron chi connectivity index (χ4n) is 0.682. The Hall–Kier alpha value is -0.440. The zero-order valence-corrected chi connectivity index (χ0v) is 11.5. The predicted molar refractivity (Wildman–Crippen MR) is 62.7 cm³/mol. The van der Waals surface area contributed by atoms with Crippen LogP contribution in [-0.2, 0) is 4.74 Å². The summed E-state index contributed by atoms with van der Waals surface area (Å²) in [6.07, 6.45) is -0.826. The lowest BCUT2D eigenvalue weighted by molar-refractivity contribution is -0.102. The maximum atomic E-state index is 13.0. The second-order valence-electron chi connectivity index (χ2n) is 4.70. The number of halogens is 2. The van der Waals surface area contributed by atoms with Crippen molar-refractivity contribution in [2.75, 3.05) is 0 Å². The number of alkyl halides is 2. The predicted octanol–water partition coefficient (Wildman–Crippen LogP) is 3.00. The van der Waals surface area contributed by atoms with Crippen LogP contribution in [0.3, 0.4) is 0 Å². The van der Waals surface area contributed by atoms with Crippen LogP contribution in [0.4, 0.5) is 13.6 Å². The van der Waals surface area contributed by atoms with Gasteiger partial charge in [0, 0.05) is 6.04 Å². The summed E-state index contributed by atoms with van der Waals surface area (Å²) in [5, 5.41) is 2.50. The maximum Gasteiger partial charge on any atom is 0.408 e. The minimum absolute atomic E-state index is 0.124. The molecule has 2 atom stereocenters. The Labute approximate surface area is 97.5 Å². The van der Waals surface area contributed by atoms with Crippen LogP contribution in [0.2, 0.25) is 0 Å². The summed E-state index contributed by atoms with van der Waals surface area (Å²) in [5.74, 6) is 0.215. The van der Waals surface area contributed by atoms with Gasteiger partial charge in [0.1, 0.15) is 0 Å². The minimum atomic E-state index is -3.16. The molecule has 0 aliphatic carbocycles. The number of ether oxygens (including phenoxy) is 1. The molecule has 6 heteroatoms. The van der Waals surface area contributed by atoms with Crippen molar-refractivity contribution >= 4 is 15.3 Å². The molecule has 0 spiro atoms. The van der Waals surface area contributed by atoms with Gasteiger partial charge in [0.25, 0.3) is 5.66 Å². The van der Waals surface area contributed by atoms with Gasteiger partial charge in [-0.3, -0.25) is 0 Å². The summed E-state index contributed by atoms with van der Waals surface area (Å²) in [5.41, 5.74) is -5.01. The van der Waals surface area contributed by atoms with E-state index in [2.05, 4.69) is 5.32 Å². The number of hydrogen-bond acceptors (Lipinski definition) is 2. The van der Waals surface area contributed by atoms with E-state index in [1.165, 1.54) is 23.1 Å². The van der Waals surface area contributed by atoms with E-state index in [0.29, 0.717) is 0 Å². The van der Waals surface area contributed by atoms with E-state index < -0.39 is 17.4 Å². The van der Waals surface area contributed by atoms with Crippen molar-refractivity contribution in [1.82, 2.24) is 5.32 Å². The number of nitrogens with one attached hydrogen (secondary N) is 1. The highest BCUT2D eigenvalue weighted by Crippen LogP contribution is 2.37. The molecule has 1 amide bonds. The van der Waals surface area contributed by atoms with Crippen LogP contribution in [0.1, 0.15) is 34.6 Å². The lowest BCUT2D eigenvalue weighted by Crippen LogP contribution is -2.47.